The van der Waals surface area contributed by atoms with E-state index in [0.29, 0.717) is 0 Å². The molecule has 0 bridgehead atoms. The second-order valence-corrected chi connectivity index (χ2v) is 6.24. The first-order valence-corrected chi connectivity index (χ1v) is 7.79. The summed E-state index contributed by atoms with van der Waals surface area (Å²) in [6.07, 6.45) is 6.02. The van der Waals surface area contributed by atoms with Gasteiger partial charge in [0.2, 0.25) is 0 Å². The summed E-state index contributed by atoms with van der Waals surface area (Å²) in [7, 11) is 0. The van der Waals surface area contributed by atoms with Gasteiger partial charge < -0.3 is 15.0 Å². The molecule has 1 saturated heterocycles. The third-order valence-corrected chi connectivity index (χ3v) is 4.74. The minimum atomic E-state index is 0.790. The molecule has 0 unspecified atom stereocenters. The molecule has 5 heteroatoms. The van der Waals surface area contributed by atoms with E-state index in [9.17, 15) is 0 Å². The fourth-order valence-electron chi connectivity index (χ4n) is 3.25. The number of hydrogen-bond donors (Lipinski definition) is 1. The van der Waals surface area contributed by atoms with Crippen molar-refractivity contribution in [2.24, 2.45) is 17.8 Å². The Kier molecular flexibility index (Phi) is 3.22. The molecule has 0 radical (unpaired) electrons. The van der Waals surface area contributed by atoms with Gasteiger partial charge in [0.1, 0.15) is 18.0 Å². The molecule has 4 rings (SSSR count). The molecular weight excluding hydrogens is 252 g/mol. The zero-order valence-electron chi connectivity index (χ0n) is 11.8. The predicted octanol–water partition coefficient (Wildman–Crippen LogP) is 1.77. The van der Waals surface area contributed by atoms with Crippen molar-refractivity contribution in [2.45, 2.75) is 19.3 Å². The normalized spacial score (nSPS) is 29.3. The molecule has 2 aliphatic carbocycles. The van der Waals surface area contributed by atoms with Crippen LogP contribution in [0.25, 0.3) is 0 Å². The minimum Gasteiger partial charge on any atom is -0.378 e. The van der Waals surface area contributed by atoms with Crippen molar-refractivity contribution in [1.82, 2.24) is 9.97 Å². The van der Waals surface area contributed by atoms with Gasteiger partial charge in [-0.2, -0.15) is 0 Å². The molecule has 1 aliphatic heterocycles. The van der Waals surface area contributed by atoms with Crippen LogP contribution in [0.4, 0.5) is 11.6 Å². The van der Waals surface area contributed by atoms with Crippen LogP contribution in [0.3, 0.4) is 0 Å². The highest BCUT2D eigenvalue weighted by Crippen LogP contribution is 2.54. The maximum Gasteiger partial charge on any atom is 0.134 e. The van der Waals surface area contributed by atoms with Crippen LogP contribution >= 0.6 is 0 Å². The number of morpholine rings is 1. The van der Waals surface area contributed by atoms with Crippen LogP contribution in [0.1, 0.15) is 19.3 Å². The minimum absolute atomic E-state index is 0.790. The Morgan fingerprint density at radius 2 is 2.10 bits per heavy atom. The Bertz CT molecular complexity index is 471. The van der Waals surface area contributed by atoms with E-state index in [1.54, 1.807) is 6.33 Å². The van der Waals surface area contributed by atoms with Gasteiger partial charge in [-0.15, -0.1) is 0 Å². The fourth-order valence-corrected chi connectivity index (χ4v) is 3.25. The summed E-state index contributed by atoms with van der Waals surface area (Å²) in [5.41, 5.74) is 0. The van der Waals surface area contributed by atoms with E-state index < -0.39 is 0 Å². The highest BCUT2D eigenvalue weighted by molar-refractivity contribution is 5.48. The number of aromatic nitrogens is 2. The molecule has 0 spiro atoms. The maximum atomic E-state index is 5.38. The summed E-state index contributed by atoms with van der Waals surface area (Å²) in [4.78, 5) is 11.0. The molecule has 0 aromatic carbocycles. The summed E-state index contributed by atoms with van der Waals surface area (Å²) in [6.45, 7) is 4.49. The van der Waals surface area contributed by atoms with Crippen molar-refractivity contribution in [3.63, 3.8) is 0 Å². The van der Waals surface area contributed by atoms with E-state index in [0.717, 1.165) is 62.2 Å². The maximum absolute atomic E-state index is 5.38. The number of rotatable bonds is 5. The third-order valence-electron chi connectivity index (χ3n) is 4.74. The highest BCUT2D eigenvalue weighted by Gasteiger charge is 2.46. The van der Waals surface area contributed by atoms with Crippen molar-refractivity contribution in [1.29, 1.82) is 0 Å². The smallest absolute Gasteiger partial charge is 0.134 e. The molecule has 108 valence electrons. The van der Waals surface area contributed by atoms with Crippen LogP contribution < -0.4 is 10.2 Å². The van der Waals surface area contributed by atoms with Crippen molar-refractivity contribution in [3.05, 3.63) is 12.4 Å². The van der Waals surface area contributed by atoms with Gasteiger partial charge in [-0.05, 0) is 37.0 Å². The van der Waals surface area contributed by atoms with E-state index in [2.05, 4.69) is 26.3 Å². The van der Waals surface area contributed by atoms with Crippen molar-refractivity contribution in [2.75, 3.05) is 43.1 Å². The Morgan fingerprint density at radius 3 is 2.90 bits per heavy atom. The van der Waals surface area contributed by atoms with Gasteiger partial charge in [0.25, 0.3) is 0 Å². The first-order valence-electron chi connectivity index (χ1n) is 7.79. The van der Waals surface area contributed by atoms with Crippen LogP contribution in [-0.2, 0) is 4.74 Å². The fraction of sp³-hybridized carbons (Fsp3) is 0.733. The van der Waals surface area contributed by atoms with E-state index in [-0.39, 0.29) is 0 Å². The van der Waals surface area contributed by atoms with E-state index in [1.165, 1.54) is 19.3 Å². The second kappa shape index (κ2) is 5.20. The van der Waals surface area contributed by atoms with Crippen LogP contribution in [0.5, 0.6) is 0 Å². The largest absolute Gasteiger partial charge is 0.378 e. The Morgan fingerprint density at radius 1 is 1.25 bits per heavy atom. The molecule has 20 heavy (non-hydrogen) atoms. The van der Waals surface area contributed by atoms with Crippen LogP contribution in [0, 0.1) is 17.8 Å². The molecule has 2 heterocycles. The number of nitrogens with one attached hydrogen (secondary N) is 1. The molecule has 5 nitrogen and oxygen atoms in total. The molecule has 3 aliphatic rings. The van der Waals surface area contributed by atoms with Gasteiger partial charge in [0, 0.05) is 25.7 Å². The van der Waals surface area contributed by atoms with Gasteiger partial charge in [-0.25, -0.2) is 9.97 Å². The van der Waals surface area contributed by atoms with Gasteiger partial charge in [0.05, 0.1) is 13.2 Å². The zero-order valence-corrected chi connectivity index (χ0v) is 11.8. The number of hydrogen-bond acceptors (Lipinski definition) is 5. The monoisotopic (exact) mass is 274 g/mol. The molecule has 0 amide bonds. The number of ether oxygens (including phenoxy) is 1. The lowest BCUT2D eigenvalue weighted by molar-refractivity contribution is 0.122. The molecular formula is C15H22N4O. The molecule has 3 fully saturated rings. The summed E-state index contributed by atoms with van der Waals surface area (Å²) in [5, 5.41) is 3.49. The van der Waals surface area contributed by atoms with Gasteiger partial charge in [-0.1, -0.05) is 0 Å². The summed E-state index contributed by atoms with van der Waals surface area (Å²) < 4.78 is 5.38. The van der Waals surface area contributed by atoms with Crippen LogP contribution in [-0.4, -0.2) is 42.8 Å². The lowest BCUT2D eigenvalue weighted by Crippen LogP contribution is -2.36. The highest BCUT2D eigenvalue weighted by atomic mass is 16.5. The Labute approximate surface area is 119 Å². The van der Waals surface area contributed by atoms with Gasteiger partial charge in [0.15, 0.2) is 0 Å². The van der Waals surface area contributed by atoms with Crippen LogP contribution in [0.15, 0.2) is 12.4 Å². The van der Waals surface area contributed by atoms with Crippen molar-refractivity contribution < 1.29 is 4.74 Å². The molecule has 2 saturated carbocycles. The molecule has 2 atom stereocenters. The predicted molar refractivity (Wildman–Crippen MR) is 77.9 cm³/mol. The van der Waals surface area contributed by atoms with E-state index >= 15 is 0 Å². The number of nitrogens with zero attached hydrogens (tertiary/aromatic N) is 3. The second-order valence-electron chi connectivity index (χ2n) is 6.24. The Balaban J connectivity index is 1.33. The summed E-state index contributed by atoms with van der Waals surface area (Å²) >= 11 is 0. The quantitative estimate of drug-likeness (QED) is 0.887. The SMILES string of the molecule is c1nc(NC[C@@H]2C[C@H]2C2CC2)cc(N2CCOCC2)n1. The van der Waals surface area contributed by atoms with Gasteiger partial charge in [-0.3, -0.25) is 0 Å². The Hall–Kier alpha value is -1.36. The van der Waals surface area contributed by atoms with Crippen molar-refractivity contribution >= 4 is 11.6 Å². The number of anilines is 2. The molecule has 1 aromatic heterocycles. The summed E-state index contributed by atoms with van der Waals surface area (Å²) in [5.74, 6) is 4.91. The average molecular weight is 274 g/mol. The lowest BCUT2D eigenvalue weighted by Gasteiger charge is -2.27. The van der Waals surface area contributed by atoms with Crippen LogP contribution in [0.2, 0.25) is 0 Å². The lowest BCUT2D eigenvalue weighted by atomic mass is 10.2. The average Bonchev–Trinajstić information content (AvgIpc) is 3.39. The van der Waals surface area contributed by atoms with E-state index in [4.69, 9.17) is 4.74 Å². The first-order chi connectivity index (χ1) is 9.90. The first kappa shape index (κ1) is 12.4. The topological polar surface area (TPSA) is 50.3 Å². The third kappa shape index (κ3) is 2.73. The van der Waals surface area contributed by atoms with Gasteiger partial charge >= 0.3 is 0 Å². The zero-order chi connectivity index (χ0) is 13.4. The molecule has 1 N–H and O–H groups in total. The molecule has 1 aromatic rings. The summed E-state index contributed by atoms with van der Waals surface area (Å²) in [6, 6.07) is 2.07. The van der Waals surface area contributed by atoms with E-state index in [1.807, 2.05) is 0 Å². The standard InChI is InChI=1S/C15H22N4O/c1-2-11(1)13-7-12(13)9-16-14-8-15(18-10-17-14)19-3-5-20-6-4-19/h8,10-13H,1-7,9H2,(H,16,17,18)/t12-,13-/m0/s1. The van der Waals surface area contributed by atoms with Crippen molar-refractivity contribution in [3.8, 4) is 0 Å².